The van der Waals surface area contributed by atoms with Crippen molar-refractivity contribution in [3.63, 3.8) is 0 Å². The minimum atomic E-state index is 0.578. The second kappa shape index (κ2) is 5.70. The van der Waals surface area contributed by atoms with E-state index in [-0.39, 0.29) is 0 Å². The minimum absolute atomic E-state index is 0.578. The Hall–Kier alpha value is -0.970. The summed E-state index contributed by atoms with van der Waals surface area (Å²) in [6.45, 7) is 2.96. The highest BCUT2D eigenvalue weighted by Crippen LogP contribution is 2.17. The summed E-state index contributed by atoms with van der Waals surface area (Å²) in [5.74, 6) is 2.51. The van der Waals surface area contributed by atoms with Gasteiger partial charge < -0.3 is 11.1 Å². The van der Waals surface area contributed by atoms with Crippen molar-refractivity contribution < 1.29 is 0 Å². The molecule has 14 heavy (non-hydrogen) atoms. The van der Waals surface area contributed by atoms with Crippen LogP contribution in [-0.2, 0) is 6.42 Å². The molecule has 0 unspecified atom stereocenters. The maximum atomic E-state index is 5.74. The van der Waals surface area contributed by atoms with Crippen LogP contribution in [0.5, 0.6) is 0 Å². The van der Waals surface area contributed by atoms with Gasteiger partial charge in [-0.1, -0.05) is 6.92 Å². The number of hydrogen-bond acceptors (Lipinski definition) is 5. The zero-order valence-corrected chi connectivity index (χ0v) is 9.40. The molecule has 4 nitrogen and oxygen atoms in total. The number of hydrogen-bond donors (Lipinski definition) is 2. The number of thioether (sulfide) groups is 1. The van der Waals surface area contributed by atoms with E-state index in [1.807, 2.05) is 0 Å². The molecule has 0 bridgehead atoms. The topological polar surface area (TPSA) is 63.8 Å². The van der Waals surface area contributed by atoms with Gasteiger partial charge in [-0.05, 0) is 12.7 Å². The Morgan fingerprint density at radius 1 is 1.50 bits per heavy atom. The van der Waals surface area contributed by atoms with Crippen LogP contribution in [0.15, 0.2) is 6.33 Å². The van der Waals surface area contributed by atoms with E-state index in [4.69, 9.17) is 5.73 Å². The van der Waals surface area contributed by atoms with Crippen LogP contribution in [0.2, 0.25) is 0 Å². The Balaban J connectivity index is 2.70. The lowest BCUT2D eigenvalue weighted by Crippen LogP contribution is -2.10. The predicted molar refractivity (Wildman–Crippen MR) is 62.7 cm³/mol. The summed E-state index contributed by atoms with van der Waals surface area (Å²) in [5, 5.41) is 3.25. The Morgan fingerprint density at radius 2 is 2.29 bits per heavy atom. The predicted octanol–water partition coefficient (Wildman–Crippen LogP) is 1.40. The molecule has 0 fully saturated rings. The molecule has 0 atom stereocenters. The van der Waals surface area contributed by atoms with E-state index in [9.17, 15) is 0 Å². The molecule has 0 saturated carbocycles. The molecular formula is C9H16N4S. The monoisotopic (exact) mass is 212 g/mol. The maximum absolute atomic E-state index is 5.74. The highest BCUT2D eigenvalue weighted by Gasteiger charge is 2.05. The number of rotatable bonds is 5. The molecule has 78 valence electrons. The van der Waals surface area contributed by atoms with Crippen molar-refractivity contribution in [2.45, 2.75) is 13.3 Å². The molecule has 0 saturated heterocycles. The van der Waals surface area contributed by atoms with Gasteiger partial charge in [-0.3, -0.25) is 0 Å². The lowest BCUT2D eigenvalue weighted by Gasteiger charge is -2.09. The molecule has 0 aliphatic heterocycles. The Labute approximate surface area is 88.7 Å². The zero-order chi connectivity index (χ0) is 10.4. The number of aromatic nitrogens is 2. The van der Waals surface area contributed by atoms with Gasteiger partial charge in [0.15, 0.2) is 0 Å². The highest BCUT2D eigenvalue weighted by molar-refractivity contribution is 7.98. The standard InChI is InChI=1S/C9H16N4S/c1-3-7-8(10)12-6-13-9(7)11-4-5-14-2/h6H,3-5H2,1-2H3,(H3,10,11,12,13). The van der Waals surface area contributed by atoms with Gasteiger partial charge in [0, 0.05) is 17.9 Å². The zero-order valence-electron chi connectivity index (χ0n) is 8.58. The Morgan fingerprint density at radius 3 is 2.93 bits per heavy atom. The van der Waals surface area contributed by atoms with Crippen LogP contribution in [0.1, 0.15) is 12.5 Å². The molecule has 0 amide bonds. The van der Waals surface area contributed by atoms with E-state index in [1.54, 1.807) is 11.8 Å². The van der Waals surface area contributed by atoms with Gasteiger partial charge in [-0.15, -0.1) is 0 Å². The first kappa shape index (κ1) is 11.1. The number of nitrogen functional groups attached to an aromatic ring is 1. The Kier molecular flexibility index (Phi) is 4.52. The third-order valence-electron chi connectivity index (χ3n) is 1.93. The fourth-order valence-corrected chi connectivity index (χ4v) is 1.50. The van der Waals surface area contributed by atoms with Gasteiger partial charge >= 0.3 is 0 Å². The van der Waals surface area contributed by atoms with Crippen molar-refractivity contribution in [3.8, 4) is 0 Å². The van der Waals surface area contributed by atoms with Crippen LogP contribution < -0.4 is 11.1 Å². The maximum Gasteiger partial charge on any atom is 0.134 e. The summed E-state index contributed by atoms with van der Waals surface area (Å²) in [5.41, 5.74) is 6.75. The summed E-state index contributed by atoms with van der Waals surface area (Å²) < 4.78 is 0. The van der Waals surface area contributed by atoms with Crippen LogP contribution in [0.3, 0.4) is 0 Å². The van der Waals surface area contributed by atoms with Gasteiger partial charge in [0.2, 0.25) is 0 Å². The normalized spacial score (nSPS) is 10.1. The van der Waals surface area contributed by atoms with Crippen LogP contribution in [0, 0.1) is 0 Å². The van der Waals surface area contributed by atoms with E-state index in [0.717, 1.165) is 30.1 Å². The average molecular weight is 212 g/mol. The lowest BCUT2D eigenvalue weighted by atomic mass is 10.2. The molecule has 5 heteroatoms. The van der Waals surface area contributed by atoms with Crippen molar-refractivity contribution in [2.75, 3.05) is 29.6 Å². The van der Waals surface area contributed by atoms with Gasteiger partial charge in [-0.2, -0.15) is 11.8 Å². The van der Waals surface area contributed by atoms with Gasteiger partial charge in [0.25, 0.3) is 0 Å². The summed E-state index contributed by atoms with van der Waals surface area (Å²) in [6, 6.07) is 0. The molecule has 1 aromatic heterocycles. The van der Waals surface area contributed by atoms with E-state index in [0.29, 0.717) is 5.82 Å². The number of anilines is 2. The summed E-state index contributed by atoms with van der Waals surface area (Å²) >= 11 is 1.80. The van der Waals surface area contributed by atoms with Crippen LogP contribution in [0.25, 0.3) is 0 Å². The number of nitrogens with one attached hydrogen (secondary N) is 1. The minimum Gasteiger partial charge on any atom is -0.383 e. The molecule has 0 aliphatic rings. The van der Waals surface area contributed by atoms with Crippen molar-refractivity contribution in [1.29, 1.82) is 0 Å². The van der Waals surface area contributed by atoms with Gasteiger partial charge in [0.1, 0.15) is 18.0 Å². The molecule has 1 heterocycles. The van der Waals surface area contributed by atoms with Crippen molar-refractivity contribution in [2.24, 2.45) is 0 Å². The van der Waals surface area contributed by atoms with Crippen LogP contribution in [0.4, 0.5) is 11.6 Å². The molecule has 0 aromatic carbocycles. The third kappa shape index (κ3) is 2.77. The first-order chi connectivity index (χ1) is 6.79. The number of nitrogens with two attached hydrogens (primary N) is 1. The summed E-state index contributed by atoms with van der Waals surface area (Å²) in [6.07, 6.45) is 4.43. The molecule has 0 aliphatic carbocycles. The smallest absolute Gasteiger partial charge is 0.134 e. The quantitative estimate of drug-likeness (QED) is 0.722. The van der Waals surface area contributed by atoms with Crippen molar-refractivity contribution in [3.05, 3.63) is 11.9 Å². The fraction of sp³-hybridized carbons (Fsp3) is 0.556. The highest BCUT2D eigenvalue weighted by atomic mass is 32.2. The first-order valence-corrected chi connectivity index (χ1v) is 6.01. The third-order valence-corrected chi connectivity index (χ3v) is 2.54. The molecule has 0 radical (unpaired) electrons. The Bertz CT molecular complexity index is 290. The van der Waals surface area contributed by atoms with E-state index < -0.39 is 0 Å². The van der Waals surface area contributed by atoms with Crippen molar-refractivity contribution >= 4 is 23.4 Å². The van der Waals surface area contributed by atoms with E-state index >= 15 is 0 Å². The van der Waals surface area contributed by atoms with Crippen LogP contribution in [-0.4, -0.2) is 28.5 Å². The second-order valence-electron chi connectivity index (χ2n) is 2.86. The summed E-state index contributed by atoms with van der Waals surface area (Å²) in [4.78, 5) is 8.13. The lowest BCUT2D eigenvalue weighted by molar-refractivity contribution is 1.03. The average Bonchev–Trinajstić information content (AvgIpc) is 2.18. The SMILES string of the molecule is CCc1c(N)ncnc1NCCSC. The largest absolute Gasteiger partial charge is 0.383 e. The van der Waals surface area contributed by atoms with Gasteiger partial charge in [-0.25, -0.2) is 9.97 Å². The van der Waals surface area contributed by atoms with Crippen molar-refractivity contribution in [1.82, 2.24) is 9.97 Å². The second-order valence-corrected chi connectivity index (χ2v) is 3.84. The molecule has 3 N–H and O–H groups in total. The fourth-order valence-electron chi connectivity index (χ4n) is 1.20. The molecular weight excluding hydrogens is 196 g/mol. The molecule has 0 spiro atoms. The first-order valence-electron chi connectivity index (χ1n) is 4.61. The molecule has 1 aromatic rings. The van der Waals surface area contributed by atoms with E-state index in [1.165, 1.54) is 6.33 Å². The van der Waals surface area contributed by atoms with Gasteiger partial charge in [0.05, 0.1) is 0 Å². The van der Waals surface area contributed by atoms with Crippen LogP contribution >= 0.6 is 11.8 Å². The number of nitrogens with zero attached hydrogens (tertiary/aromatic N) is 2. The van der Waals surface area contributed by atoms with E-state index in [2.05, 4.69) is 28.5 Å². The summed E-state index contributed by atoms with van der Waals surface area (Å²) in [7, 11) is 0. The molecule has 1 rings (SSSR count).